The predicted octanol–water partition coefficient (Wildman–Crippen LogP) is 1.30. The molecule has 59 heavy (non-hydrogen) atoms. The number of rotatable bonds is 19. The van der Waals surface area contributed by atoms with Gasteiger partial charge in [-0.1, -0.05) is 23.3 Å². The van der Waals surface area contributed by atoms with Gasteiger partial charge in [0.05, 0.1) is 85.5 Å². The van der Waals surface area contributed by atoms with Crippen LogP contribution in [0.25, 0.3) is 0 Å². The van der Waals surface area contributed by atoms with Crippen molar-refractivity contribution in [2.24, 2.45) is 0 Å². The van der Waals surface area contributed by atoms with E-state index < -0.39 is 29.1 Å². The van der Waals surface area contributed by atoms with Gasteiger partial charge in [-0.3, -0.25) is 46.0 Å². The zero-order chi connectivity index (χ0) is 42.6. The van der Waals surface area contributed by atoms with E-state index in [0.29, 0.717) is 61.3 Å². The Morgan fingerprint density at radius 1 is 0.627 bits per heavy atom. The minimum Gasteiger partial charge on any atom is -0.395 e. The molecule has 4 aromatic heterocycles. The first-order chi connectivity index (χ1) is 28.4. The van der Waals surface area contributed by atoms with Gasteiger partial charge < -0.3 is 20.4 Å². The molecule has 6 rings (SSSR count). The summed E-state index contributed by atoms with van der Waals surface area (Å²) in [5.41, 5.74) is 0.0612. The number of thioether (sulfide) groups is 2. The molecule has 0 radical (unpaired) electrons. The number of nitrogens with zero attached hydrogens (tertiary/aromatic N) is 10. The van der Waals surface area contributed by atoms with Crippen LogP contribution < -0.4 is 22.5 Å². The second-order valence-corrected chi connectivity index (χ2v) is 17.7. The Balaban J connectivity index is 0.000000224. The first-order valence-corrected chi connectivity index (χ1v) is 21.7. The highest BCUT2D eigenvalue weighted by Crippen LogP contribution is 2.41. The number of aliphatic hydroxyl groups excluding tert-OH is 4. The Bertz CT molecular complexity index is 2210. The SMILES string of the molecule is Cc1cn(C2CC(O)[C@@H](CO)S2)c(=O)n(Cc2cn(CCCCCC[18F])nn2)c1=O.Cc1cn(C2CC(O)[C@@H](CO)S2)c(=O)n(Cc2cn(CCCCC[18F])nn2)c1=O. The van der Waals surface area contributed by atoms with Crippen LogP contribution in [-0.2, 0) is 26.2 Å². The third-order valence-corrected chi connectivity index (χ3v) is 13.3. The smallest absolute Gasteiger partial charge is 0.332 e. The summed E-state index contributed by atoms with van der Waals surface area (Å²) in [6, 6.07) is 0. The molecule has 0 bridgehead atoms. The molecule has 0 spiro atoms. The number of aliphatic hydroxyl groups is 4. The van der Waals surface area contributed by atoms with E-state index in [4.69, 9.17) is 0 Å². The van der Waals surface area contributed by atoms with Gasteiger partial charge in [-0.05, 0) is 46.0 Å². The molecule has 0 aliphatic carbocycles. The lowest BCUT2D eigenvalue weighted by Crippen LogP contribution is -2.41. The largest absolute Gasteiger partial charge is 0.395 e. The van der Waals surface area contributed by atoms with Crippen LogP contribution in [0.4, 0.5) is 8.78 Å². The fourth-order valence-corrected chi connectivity index (χ4v) is 9.68. The van der Waals surface area contributed by atoms with Gasteiger partial charge in [0.25, 0.3) is 11.1 Å². The summed E-state index contributed by atoms with van der Waals surface area (Å²) in [6.07, 6.45) is 10.9. The molecule has 18 nitrogen and oxygen atoms in total. The van der Waals surface area contributed by atoms with E-state index in [2.05, 4.69) is 20.6 Å². The summed E-state index contributed by atoms with van der Waals surface area (Å²) in [6.45, 7) is 3.54. The number of aryl methyl sites for hydroxylation is 4. The van der Waals surface area contributed by atoms with Crippen molar-refractivity contribution in [1.29, 1.82) is 0 Å². The van der Waals surface area contributed by atoms with E-state index in [1.54, 1.807) is 35.6 Å². The first kappa shape index (κ1) is 46.1. The molecule has 22 heteroatoms. The maximum absolute atomic E-state index is 13.0. The van der Waals surface area contributed by atoms with Crippen LogP contribution >= 0.6 is 23.5 Å². The monoisotopic (exact) mass is 866 g/mol. The molecule has 2 aliphatic rings. The molecule has 2 saturated heterocycles. The summed E-state index contributed by atoms with van der Waals surface area (Å²) in [7, 11) is 0. The van der Waals surface area contributed by atoms with Gasteiger partial charge in [-0.25, -0.2) is 9.59 Å². The Kier molecular flexibility index (Phi) is 17.2. The zero-order valence-corrected chi connectivity index (χ0v) is 34.9. The summed E-state index contributed by atoms with van der Waals surface area (Å²) in [5, 5.41) is 53.6. The minimum absolute atomic E-state index is 0.00453. The third-order valence-electron chi connectivity index (χ3n) is 10.2. The molecule has 4 aromatic rings. The maximum atomic E-state index is 13.0. The molecule has 0 saturated carbocycles. The quantitative estimate of drug-likeness (QED) is 0.0975. The molecular formula is C37H54F2N10O8S2. The van der Waals surface area contributed by atoms with Crippen molar-refractivity contribution in [3.8, 4) is 0 Å². The molecular weight excluding hydrogens is 813 g/mol. The number of halogens is 2. The molecule has 326 valence electrons. The van der Waals surface area contributed by atoms with E-state index in [9.17, 15) is 48.4 Å². The van der Waals surface area contributed by atoms with Crippen molar-refractivity contribution < 1.29 is 29.2 Å². The predicted molar refractivity (Wildman–Crippen MR) is 218 cm³/mol. The number of alkyl halides is 2. The fraction of sp³-hybridized carbons (Fsp3) is 0.676. The van der Waals surface area contributed by atoms with Crippen LogP contribution in [0, 0.1) is 13.8 Å². The molecule has 6 atom stereocenters. The van der Waals surface area contributed by atoms with Gasteiger partial charge >= 0.3 is 11.4 Å². The van der Waals surface area contributed by atoms with Crippen LogP contribution in [0.3, 0.4) is 0 Å². The van der Waals surface area contributed by atoms with Gasteiger partial charge in [-0.2, -0.15) is 0 Å². The van der Waals surface area contributed by atoms with E-state index in [-0.39, 0.29) is 66.5 Å². The lowest BCUT2D eigenvalue weighted by atomic mass is 10.2. The molecule has 4 N–H and O–H groups in total. The number of hydrogen-bond donors (Lipinski definition) is 4. The van der Waals surface area contributed by atoms with Gasteiger partial charge in [0.1, 0.15) is 11.4 Å². The second kappa shape index (κ2) is 22.0. The Morgan fingerprint density at radius 2 is 1.02 bits per heavy atom. The van der Waals surface area contributed by atoms with Crippen LogP contribution in [-0.4, -0.2) is 118 Å². The standard InChI is InChI=1S/C19H28FN5O4S.C18H26FN5O4S/c1-13-9-24(17-8-15(27)16(12-26)30-17)19(29)25(18(13)28)11-14-10-23(22-21-14)7-5-3-2-4-6-20;1-12-8-23(16-7-14(26)15(11-25)29-16)18(28)24(17(12)27)10-13-9-22(21-20-13)6-4-2-3-5-19/h9-10,15-17,26-27H,2-8,11-12H2,1H3;8-9,14-16,25-26H,2-7,10-11H2,1H3/t15?,16-,17?;14?,15-,16?/m11/s1/i20-1;19-1. The van der Waals surface area contributed by atoms with Crippen LogP contribution in [0.1, 0.15) is 91.0 Å². The highest BCUT2D eigenvalue weighted by atomic mass is 32.2. The fourth-order valence-electron chi connectivity index (χ4n) is 6.94. The van der Waals surface area contributed by atoms with Crippen molar-refractivity contribution in [3.05, 3.63) is 89.0 Å². The average Bonchev–Trinajstić information content (AvgIpc) is 4.04. The van der Waals surface area contributed by atoms with Crippen LogP contribution in [0.2, 0.25) is 0 Å². The van der Waals surface area contributed by atoms with Crippen LogP contribution in [0.15, 0.2) is 44.0 Å². The lowest BCUT2D eigenvalue weighted by molar-refractivity contribution is 0.137. The highest BCUT2D eigenvalue weighted by Gasteiger charge is 2.36. The molecule has 0 amide bonds. The molecule has 2 fully saturated rings. The number of unbranched alkanes of at least 4 members (excludes halogenated alkanes) is 5. The van der Waals surface area contributed by atoms with Gasteiger partial charge in [0, 0.05) is 49.5 Å². The van der Waals surface area contributed by atoms with Crippen molar-refractivity contribution in [2.75, 3.05) is 26.6 Å². The topological polar surface area (TPSA) is 230 Å². The molecule has 2 aliphatic heterocycles. The Morgan fingerprint density at radius 3 is 1.39 bits per heavy atom. The Hall–Kier alpha value is -3.96. The van der Waals surface area contributed by atoms with E-state index in [0.717, 1.165) is 41.2 Å². The number of aromatic nitrogens is 10. The zero-order valence-electron chi connectivity index (χ0n) is 33.3. The lowest BCUT2D eigenvalue weighted by Gasteiger charge is -2.16. The molecule has 0 aromatic carbocycles. The molecule has 6 heterocycles. The number of hydrogen-bond acceptors (Lipinski definition) is 14. The van der Waals surface area contributed by atoms with E-state index in [1.165, 1.54) is 45.1 Å². The molecule has 4 unspecified atom stereocenters. The minimum atomic E-state index is -0.708. The van der Waals surface area contributed by atoms with Crippen molar-refractivity contribution >= 4 is 23.5 Å². The third kappa shape index (κ3) is 11.9. The Labute approximate surface area is 346 Å². The van der Waals surface area contributed by atoms with E-state index in [1.807, 2.05) is 0 Å². The van der Waals surface area contributed by atoms with Gasteiger partial charge in [-0.15, -0.1) is 33.7 Å². The first-order valence-electron chi connectivity index (χ1n) is 19.8. The van der Waals surface area contributed by atoms with Crippen molar-refractivity contribution in [1.82, 2.24) is 48.3 Å². The maximum Gasteiger partial charge on any atom is 0.332 e. The van der Waals surface area contributed by atoms with Gasteiger partial charge in [0.15, 0.2) is 0 Å². The van der Waals surface area contributed by atoms with Gasteiger partial charge in [0.2, 0.25) is 0 Å². The van der Waals surface area contributed by atoms with E-state index >= 15 is 0 Å². The summed E-state index contributed by atoms with van der Waals surface area (Å²) in [5.74, 6) is 0. The van der Waals surface area contributed by atoms with Crippen molar-refractivity contribution in [2.45, 2.75) is 131 Å². The normalized spacial score (nSPS) is 21.6. The van der Waals surface area contributed by atoms with Crippen molar-refractivity contribution in [3.63, 3.8) is 0 Å². The summed E-state index contributed by atoms with van der Waals surface area (Å²) < 4.78 is 32.7. The summed E-state index contributed by atoms with van der Waals surface area (Å²) in [4.78, 5) is 51.1. The van der Waals surface area contributed by atoms with Crippen LogP contribution in [0.5, 0.6) is 0 Å². The highest BCUT2D eigenvalue weighted by molar-refractivity contribution is 8.00. The average molecular weight is 867 g/mol. The second-order valence-electron chi connectivity index (χ2n) is 14.8. The summed E-state index contributed by atoms with van der Waals surface area (Å²) >= 11 is 2.65.